The molecular weight excluding hydrogens is 264 g/mol. The standard InChI is InChI=1S/C16H24N4O/c1-5-11(8-18-4)20-13-7-6-12(16(17)21)15-14(13)9(2)10(3)19-15/h6-7,11,18-20H,5,8H2,1-4H3,(H2,17,21). The molecule has 114 valence electrons. The summed E-state index contributed by atoms with van der Waals surface area (Å²) in [4.78, 5) is 14.9. The van der Waals surface area contributed by atoms with E-state index in [1.807, 2.05) is 20.0 Å². The molecule has 2 aromatic rings. The Bertz CT molecular complexity index is 660. The summed E-state index contributed by atoms with van der Waals surface area (Å²) in [6.45, 7) is 7.11. The molecular formula is C16H24N4O. The minimum atomic E-state index is -0.407. The van der Waals surface area contributed by atoms with E-state index in [0.717, 1.165) is 40.8 Å². The van der Waals surface area contributed by atoms with Crippen LogP contribution in [0.5, 0.6) is 0 Å². The number of aryl methyl sites for hydroxylation is 2. The molecule has 1 aromatic heterocycles. The topological polar surface area (TPSA) is 82.9 Å². The Morgan fingerprint density at radius 3 is 2.67 bits per heavy atom. The van der Waals surface area contributed by atoms with Crippen molar-refractivity contribution >= 4 is 22.5 Å². The van der Waals surface area contributed by atoms with Crippen LogP contribution in [-0.2, 0) is 0 Å². The van der Waals surface area contributed by atoms with Crippen LogP contribution < -0.4 is 16.4 Å². The van der Waals surface area contributed by atoms with E-state index in [2.05, 4.69) is 29.5 Å². The van der Waals surface area contributed by atoms with Gasteiger partial charge in [-0.1, -0.05) is 6.92 Å². The molecule has 1 unspecified atom stereocenters. The van der Waals surface area contributed by atoms with Crippen LogP contribution in [0.1, 0.15) is 35.0 Å². The molecule has 5 N–H and O–H groups in total. The van der Waals surface area contributed by atoms with Crippen LogP contribution in [0.4, 0.5) is 5.69 Å². The van der Waals surface area contributed by atoms with E-state index in [1.165, 1.54) is 0 Å². The van der Waals surface area contributed by atoms with Crippen molar-refractivity contribution < 1.29 is 4.79 Å². The zero-order valence-corrected chi connectivity index (χ0v) is 13.1. The van der Waals surface area contributed by atoms with Crippen molar-refractivity contribution in [2.45, 2.75) is 33.2 Å². The Kier molecular flexibility index (Phi) is 4.53. The van der Waals surface area contributed by atoms with Crippen LogP contribution in [0.15, 0.2) is 12.1 Å². The van der Waals surface area contributed by atoms with Crippen LogP contribution in [0.2, 0.25) is 0 Å². The van der Waals surface area contributed by atoms with E-state index in [0.29, 0.717) is 11.6 Å². The predicted octanol–water partition coefficient (Wildman–Crippen LogP) is 2.29. The van der Waals surface area contributed by atoms with E-state index in [4.69, 9.17) is 5.73 Å². The first-order valence-corrected chi connectivity index (χ1v) is 7.32. The second-order valence-corrected chi connectivity index (χ2v) is 5.46. The lowest BCUT2D eigenvalue weighted by molar-refractivity contribution is 0.100. The van der Waals surface area contributed by atoms with Crippen molar-refractivity contribution in [3.63, 3.8) is 0 Å². The predicted molar refractivity (Wildman–Crippen MR) is 87.9 cm³/mol. The van der Waals surface area contributed by atoms with Gasteiger partial charge in [0.1, 0.15) is 0 Å². The second kappa shape index (κ2) is 6.18. The Labute approximate surface area is 125 Å². The SMILES string of the molecule is CCC(CNC)Nc1ccc(C(N)=O)c2[nH]c(C)c(C)c12. The normalized spacial score (nSPS) is 12.6. The molecule has 0 aliphatic carbocycles. The van der Waals surface area contributed by atoms with Gasteiger partial charge in [-0.25, -0.2) is 0 Å². The van der Waals surface area contributed by atoms with Crippen molar-refractivity contribution in [2.75, 3.05) is 18.9 Å². The first-order chi connectivity index (χ1) is 9.99. The van der Waals surface area contributed by atoms with Crippen molar-refractivity contribution in [1.82, 2.24) is 10.3 Å². The zero-order valence-electron chi connectivity index (χ0n) is 13.1. The molecule has 1 amide bonds. The summed E-state index contributed by atoms with van der Waals surface area (Å²) in [5, 5.41) is 7.80. The molecule has 2 rings (SSSR count). The van der Waals surface area contributed by atoms with E-state index in [9.17, 15) is 4.79 Å². The second-order valence-electron chi connectivity index (χ2n) is 5.46. The number of amides is 1. The number of nitrogens with one attached hydrogen (secondary N) is 3. The molecule has 0 fully saturated rings. The number of aromatic nitrogens is 1. The maximum absolute atomic E-state index is 11.6. The number of anilines is 1. The fourth-order valence-electron chi connectivity index (χ4n) is 2.68. The first-order valence-electron chi connectivity index (χ1n) is 7.32. The van der Waals surface area contributed by atoms with Gasteiger partial charge in [-0.2, -0.15) is 0 Å². The molecule has 1 aromatic carbocycles. The molecule has 5 nitrogen and oxygen atoms in total. The van der Waals surface area contributed by atoms with Crippen LogP contribution in [0, 0.1) is 13.8 Å². The minimum absolute atomic E-state index is 0.340. The zero-order chi connectivity index (χ0) is 15.6. The fraction of sp³-hybridized carbons (Fsp3) is 0.438. The van der Waals surface area contributed by atoms with Gasteiger partial charge in [0.15, 0.2) is 0 Å². The fourth-order valence-corrected chi connectivity index (χ4v) is 2.68. The lowest BCUT2D eigenvalue weighted by Gasteiger charge is -2.19. The molecule has 0 radical (unpaired) electrons. The number of nitrogens with two attached hydrogens (primary N) is 1. The van der Waals surface area contributed by atoms with Crippen molar-refractivity contribution in [3.05, 3.63) is 29.0 Å². The summed E-state index contributed by atoms with van der Waals surface area (Å²) in [5.41, 5.74) is 10.1. The molecule has 5 heteroatoms. The smallest absolute Gasteiger partial charge is 0.250 e. The highest BCUT2D eigenvalue weighted by atomic mass is 16.1. The highest BCUT2D eigenvalue weighted by Crippen LogP contribution is 2.31. The quantitative estimate of drug-likeness (QED) is 0.658. The van der Waals surface area contributed by atoms with Gasteiger partial charge in [-0.05, 0) is 45.0 Å². The lowest BCUT2D eigenvalue weighted by Crippen LogP contribution is -2.30. The molecule has 1 heterocycles. The Hall–Kier alpha value is -2.01. The number of rotatable bonds is 6. The monoisotopic (exact) mass is 288 g/mol. The van der Waals surface area contributed by atoms with Crippen LogP contribution in [0.3, 0.4) is 0 Å². The van der Waals surface area contributed by atoms with Crippen molar-refractivity contribution in [1.29, 1.82) is 0 Å². The Balaban J connectivity index is 2.55. The number of H-pyrrole nitrogens is 1. The van der Waals surface area contributed by atoms with Crippen molar-refractivity contribution in [2.24, 2.45) is 5.73 Å². The largest absolute Gasteiger partial charge is 0.380 e. The average molecular weight is 288 g/mol. The number of hydrogen-bond acceptors (Lipinski definition) is 3. The molecule has 21 heavy (non-hydrogen) atoms. The third kappa shape index (κ3) is 2.88. The molecule has 1 atom stereocenters. The third-order valence-electron chi connectivity index (χ3n) is 4.02. The number of benzene rings is 1. The highest BCUT2D eigenvalue weighted by molar-refractivity contribution is 6.09. The molecule has 0 spiro atoms. The number of likely N-dealkylation sites (N-methyl/N-ethyl adjacent to an activating group) is 1. The average Bonchev–Trinajstić information content (AvgIpc) is 2.74. The summed E-state index contributed by atoms with van der Waals surface area (Å²) < 4.78 is 0. The number of hydrogen-bond donors (Lipinski definition) is 4. The van der Waals surface area contributed by atoms with E-state index in [-0.39, 0.29) is 0 Å². The summed E-state index contributed by atoms with van der Waals surface area (Å²) in [6.07, 6.45) is 1.02. The van der Waals surface area contributed by atoms with Gasteiger partial charge in [0.05, 0.1) is 11.1 Å². The molecule has 0 saturated carbocycles. The molecule has 0 saturated heterocycles. The van der Waals surface area contributed by atoms with Gasteiger partial charge in [-0.3, -0.25) is 4.79 Å². The maximum atomic E-state index is 11.6. The van der Waals surface area contributed by atoms with Crippen LogP contribution >= 0.6 is 0 Å². The summed E-state index contributed by atoms with van der Waals surface area (Å²) >= 11 is 0. The van der Waals surface area contributed by atoms with Crippen LogP contribution in [-0.4, -0.2) is 30.5 Å². The van der Waals surface area contributed by atoms with Gasteiger partial charge >= 0.3 is 0 Å². The van der Waals surface area contributed by atoms with Gasteiger partial charge < -0.3 is 21.4 Å². The van der Waals surface area contributed by atoms with E-state index >= 15 is 0 Å². The van der Waals surface area contributed by atoms with Gasteiger partial charge in [0.25, 0.3) is 5.91 Å². The number of carbonyl (C=O) groups is 1. The van der Waals surface area contributed by atoms with Gasteiger partial charge in [0, 0.05) is 29.4 Å². The van der Waals surface area contributed by atoms with Crippen LogP contribution in [0.25, 0.3) is 10.9 Å². The number of carbonyl (C=O) groups excluding carboxylic acids is 1. The number of primary amides is 1. The van der Waals surface area contributed by atoms with E-state index < -0.39 is 5.91 Å². The summed E-state index contributed by atoms with van der Waals surface area (Å²) in [7, 11) is 1.95. The van der Waals surface area contributed by atoms with E-state index in [1.54, 1.807) is 6.07 Å². The minimum Gasteiger partial charge on any atom is -0.380 e. The number of fused-ring (bicyclic) bond motifs is 1. The number of aromatic amines is 1. The summed E-state index contributed by atoms with van der Waals surface area (Å²) in [6, 6.07) is 4.07. The molecule has 0 aliphatic rings. The van der Waals surface area contributed by atoms with Gasteiger partial charge in [-0.15, -0.1) is 0 Å². The maximum Gasteiger partial charge on any atom is 0.250 e. The van der Waals surface area contributed by atoms with Crippen molar-refractivity contribution in [3.8, 4) is 0 Å². The Morgan fingerprint density at radius 2 is 2.10 bits per heavy atom. The Morgan fingerprint density at radius 1 is 1.38 bits per heavy atom. The molecule has 0 aliphatic heterocycles. The third-order valence-corrected chi connectivity index (χ3v) is 4.02. The lowest BCUT2D eigenvalue weighted by atomic mass is 10.0. The molecule has 0 bridgehead atoms. The first kappa shape index (κ1) is 15.4. The highest BCUT2D eigenvalue weighted by Gasteiger charge is 2.17. The summed E-state index contributed by atoms with van der Waals surface area (Å²) in [5.74, 6) is -0.407. The van der Waals surface area contributed by atoms with Gasteiger partial charge in [0.2, 0.25) is 0 Å².